The van der Waals surface area contributed by atoms with Crippen molar-refractivity contribution in [3.8, 4) is 11.5 Å². The van der Waals surface area contributed by atoms with E-state index in [1.807, 2.05) is 42.5 Å². The molecule has 0 saturated carbocycles. The first-order valence-electron chi connectivity index (χ1n) is 6.92. The van der Waals surface area contributed by atoms with E-state index in [1.54, 1.807) is 11.8 Å². The van der Waals surface area contributed by atoms with Crippen LogP contribution in [0.4, 0.5) is 0 Å². The average Bonchev–Trinajstić information content (AvgIpc) is 3.12. The molecule has 0 aliphatic carbocycles. The molecule has 3 nitrogen and oxygen atoms in total. The highest BCUT2D eigenvalue weighted by Gasteiger charge is 2.26. The third kappa shape index (κ3) is 2.43. The highest BCUT2D eigenvalue weighted by molar-refractivity contribution is 8.16. The molecule has 0 aromatic heterocycles. The first kappa shape index (κ1) is 12.5. The second-order valence-electron chi connectivity index (χ2n) is 4.88. The Labute approximate surface area is 128 Å². The molecule has 2 aliphatic heterocycles. The third-order valence-corrected chi connectivity index (χ3v) is 4.40. The number of amidine groups is 1. The van der Waals surface area contributed by atoms with Crippen LogP contribution in [0.25, 0.3) is 5.70 Å². The standard InChI is InChI=1S/C17H14N2OS/c1-2-4-14(5-3-1)20-15-8-6-13(7-9-15)16-12-21-17-18-10-11-19(16)17/h1-9,12H,10-11H2. The molecule has 0 spiro atoms. The summed E-state index contributed by atoms with van der Waals surface area (Å²) in [5.41, 5.74) is 2.44. The maximum atomic E-state index is 5.82. The van der Waals surface area contributed by atoms with Gasteiger partial charge in [-0.25, -0.2) is 0 Å². The van der Waals surface area contributed by atoms with E-state index in [1.165, 1.54) is 11.3 Å². The molecule has 104 valence electrons. The van der Waals surface area contributed by atoms with Gasteiger partial charge >= 0.3 is 0 Å². The lowest BCUT2D eigenvalue weighted by Gasteiger charge is -2.16. The fourth-order valence-corrected chi connectivity index (χ4v) is 3.43. The Balaban J connectivity index is 1.53. The minimum Gasteiger partial charge on any atom is -0.457 e. The Morgan fingerprint density at radius 1 is 0.952 bits per heavy atom. The lowest BCUT2D eigenvalue weighted by atomic mass is 10.1. The van der Waals surface area contributed by atoms with E-state index in [0.29, 0.717) is 0 Å². The van der Waals surface area contributed by atoms with Crippen molar-refractivity contribution in [3.63, 3.8) is 0 Å². The van der Waals surface area contributed by atoms with Gasteiger partial charge in [-0.15, -0.1) is 0 Å². The average molecular weight is 294 g/mol. The Hall–Kier alpha value is -2.20. The summed E-state index contributed by atoms with van der Waals surface area (Å²) in [5, 5.41) is 3.29. The van der Waals surface area contributed by atoms with Gasteiger partial charge in [0.25, 0.3) is 0 Å². The highest BCUT2D eigenvalue weighted by atomic mass is 32.2. The lowest BCUT2D eigenvalue weighted by Crippen LogP contribution is -2.19. The number of thioether (sulfide) groups is 1. The van der Waals surface area contributed by atoms with Crippen molar-refractivity contribution in [2.45, 2.75) is 0 Å². The molecule has 0 radical (unpaired) electrons. The Bertz CT molecular complexity index is 707. The molecule has 0 saturated heterocycles. The number of aliphatic imine (C=N–C) groups is 1. The van der Waals surface area contributed by atoms with Crippen molar-refractivity contribution in [3.05, 3.63) is 65.6 Å². The fourth-order valence-electron chi connectivity index (χ4n) is 2.47. The molecule has 2 heterocycles. The molecule has 0 N–H and O–H groups in total. The van der Waals surface area contributed by atoms with Crippen molar-refractivity contribution < 1.29 is 4.74 Å². The number of rotatable bonds is 3. The fraction of sp³-hybridized carbons (Fsp3) is 0.118. The Morgan fingerprint density at radius 3 is 2.52 bits per heavy atom. The maximum Gasteiger partial charge on any atom is 0.168 e. The SMILES string of the molecule is C1=C(c2ccc(Oc3ccccc3)cc2)N2CCN=C2S1. The summed E-state index contributed by atoms with van der Waals surface area (Å²) in [6.07, 6.45) is 0. The second kappa shape index (κ2) is 5.30. The van der Waals surface area contributed by atoms with Gasteiger partial charge in [-0.05, 0) is 42.0 Å². The first-order chi connectivity index (χ1) is 10.4. The zero-order chi connectivity index (χ0) is 14.1. The molecule has 0 unspecified atom stereocenters. The number of ether oxygens (including phenoxy) is 1. The van der Waals surface area contributed by atoms with E-state index in [0.717, 1.165) is 29.8 Å². The van der Waals surface area contributed by atoms with Crippen LogP contribution >= 0.6 is 11.8 Å². The molecular formula is C17H14N2OS. The zero-order valence-corrected chi connectivity index (χ0v) is 12.2. The smallest absolute Gasteiger partial charge is 0.168 e. The first-order valence-corrected chi connectivity index (χ1v) is 7.80. The van der Waals surface area contributed by atoms with Crippen LogP contribution in [0.1, 0.15) is 5.56 Å². The van der Waals surface area contributed by atoms with E-state index in [4.69, 9.17) is 4.74 Å². The largest absolute Gasteiger partial charge is 0.457 e. The Morgan fingerprint density at radius 2 is 1.71 bits per heavy atom. The molecule has 4 rings (SSSR count). The molecule has 2 aliphatic rings. The lowest BCUT2D eigenvalue weighted by molar-refractivity contribution is 0.482. The number of nitrogens with zero attached hydrogens (tertiary/aromatic N) is 2. The molecule has 0 amide bonds. The van der Waals surface area contributed by atoms with Crippen LogP contribution in [0.2, 0.25) is 0 Å². The van der Waals surface area contributed by atoms with Crippen molar-refractivity contribution in [2.75, 3.05) is 13.1 Å². The van der Waals surface area contributed by atoms with Gasteiger partial charge in [0.15, 0.2) is 5.17 Å². The van der Waals surface area contributed by atoms with Crippen LogP contribution in [0.15, 0.2) is 65.0 Å². The summed E-state index contributed by atoms with van der Waals surface area (Å²) in [4.78, 5) is 6.75. The van der Waals surface area contributed by atoms with Gasteiger partial charge in [-0.2, -0.15) is 0 Å². The number of para-hydroxylation sites is 1. The van der Waals surface area contributed by atoms with E-state index in [2.05, 4.69) is 27.4 Å². The highest BCUT2D eigenvalue weighted by Crippen LogP contribution is 2.35. The van der Waals surface area contributed by atoms with E-state index in [9.17, 15) is 0 Å². The van der Waals surface area contributed by atoms with Gasteiger partial charge < -0.3 is 9.64 Å². The van der Waals surface area contributed by atoms with Crippen molar-refractivity contribution in [1.82, 2.24) is 4.90 Å². The van der Waals surface area contributed by atoms with E-state index in [-0.39, 0.29) is 0 Å². The number of hydrogen-bond donors (Lipinski definition) is 0. The molecule has 0 fully saturated rings. The minimum absolute atomic E-state index is 0.853. The maximum absolute atomic E-state index is 5.82. The minimum atomic E-state index is 0.853. The predicted octanol–water partition coefficient (Wildman–Crippen LogP) is 4.20. The summed E-state index contributed by atoms with van der Waals surface area (Å²) in [7, 11) is 0. The van der Waals surface area contributed by atoms with Crippen LogP contribution < -0.4 is 4.74 Å². The van der Waals surface area contributed by atoms with Crippen molar-refractivity contribution in [2.24, 2.45) is 4.99 Å². The van der Waals surface area contributed by atoms with Crippen LogP contribution in [-0.2, 0) is 0 Å². The molecule has 2 aromatic carbocycles. The van der Waals surface area contributed by atoms with Crippen LogP contribution in [-0.4, -0.2) is 23.2 Å². The van der Waals surface area contributed by atoms with Gasteiger partial charge in [0, 0.05) is 12.0 Å². The van der Waals surface area contributed by atoms with E-state index < -0.39 is 0 Å². The topological polar surface area (TPSA) is 24.8 Å². The van der Waals surface area contributed by atoms with Gasteiger partial charge in [-0.1, -0.05) is 30.0 Å². The molecular weight excluding hydrogens is 280 g/mol. The third-order valence-electron chi connectivity index (χ3n) is 3.50. The van der Waals surface area contributed by atoms with Crippen molar-refractivity contribution in [1.29, 1.82) is 0 Å². The monoisotopic (exact) mass is 294 g/mol. The van der Waals surface area contributed by atoms with Gasteiger partial charge in [0.1, 0.15) is 11.5 Å². The Kier molecular flexibility index (Phi) is 3.16. The van der Waals surface area contributed by atoms with Crippen LogP contribution in [0, 0.1) is 0 Å². The van der Waals surface area contributed by atoms with Gasteiger partial charge in [-0.3, -0.25) is 4.99 Å². The zero-order valence-electron chi connectivity index (χ0n) is 11.4. The number of fused-ring (bicyclic) bond motifs is 1. The summed E-state index contributed by atoms with van der Waals surface area (Å²) < 4.78 is 5.82. The quantitative estimate of drug-likeness (QED) is 0.848. The predicted molar refractivity (Wildman–Crippen MR) is 87.5 cm³/mol. The van der Waals surface area contributed by atoms with Gasteiger partial charge in [0.05, 0.1) is 12.2 Å². The van der Waals surface area contributed by atoms with Crippen LogP contribution in [0.5, 0.6) is 11.5 Å². The van der Waals surface area contributed by atoms with Crippen LogP contribution in [0.3, 0.4) is 0 Å². The van der Waals surface area contributed by atoms with Crippen molar-refractivity contribution >= 4 is 22.6 Å². The molecule has 0 bridgehead atoms. The molecule has 2 aromatic rings. The number of benzene rings is 2. The summed E-state index contributed by atoms with van der Waals surface area (Å²) in [6.45, 7) is 1.88. The van der Waals surface area contributed by atoms with Gasteiger partial charge in [0.2, 0.25) is 0 Å². The van der Waals surface area contributed by atoms with E-state index >= 15 is 0 Å². The second-order valence-corrected chi connectivity index (χ2v) is 5.71. The molecule has 21 heavy (non-hydrogen) atoms. The molecule has 0 atom stereocenters. The summed E-state index contributed by atoms with van der Waals surface area (Å²) in [6, 6.07) is 18.1. The summed E-state index contributed by atoms with van der Waals surface area (Å²) >= 11 is 1.71. The normalized spacial score (nSPS) is 16.5. The summed E-state index contributed by atoms with van der Waals surface area (Å²) in [5.74, 6) is 1.71. The number of hydrogen-bond acceptors (Lipinski definition) is 4. The molecule has 4 heteroatoms.